The summed E-state index contributed by atoms with van der Waals surface area (Å²) in [4.78, 5) is 23.3. The van der Waals surface area contributed by atoms with Gasteiger partial charge in [0.25, 0.3) is 5.91 Å². The average Bonchev–Trinajstić information content (AvgIpc) is 2.84. The van der Waals surface area contributed by atoms with Gasteiger partial charge in [0.05, 0.1) is 6.20 Å². The van der Waals surface area contributed by atoms with E-state index in [-0.39, 0.29) is 5.56 Å². The zero-order valence-electron chi connectivity index (χ0n) is 11.5. The minimum Gasteiger partial charge on any atom is -0.479 e. The molecule has 0 fully saturated rings. The Bertz CT molecular complexity index is 697. The van der Waals surface area contributed by atoms with Crippen LogP contribution in [0.5, 0.6) is 0 Å². The predicted octanol–water partition coefficient (Wildman–Crippen LogP) is 1.42. The van der Waals surface area contributed by atoms with Gasteiger partial charge in [-0.1, -0.05) is 6.07 Å². The third kappa shape index (κ3) is 3.25. The smallest absolute Gasteiger partial charge is 0.331 e. The van der Waals surface area contributed by atoms with E-state index in [9.17, 15) is 19.1 Å². The summed E-state index contributed by atoms with van der Waals surface area (Å²) in [7, 11) is 1.64. The third-order valence-corrected chi connectivity index (χ3v) is 3.01. The molecule has 2 N–H and O–H groups in total. The highest BCUT2D eigenvalue weighted by molar-refractivity contribution is 5.96. The molecule has 2 aromatic rings. The average molecular weight is 291 g/mol. The number of amides is 1. The first kappa shape index (κ1) is 14.7. The van der Waals surface area contributed by atoms with E-state index in [0.29, 0.717) is 11.1 Å². The highest BCUT2D eigenvalue weighted by atomic mass is 19.1. The standard InChI is InChI=1S/C14H14FN3O3/c1-8-3-4-9(5-11(8)15)13(19)17-12(14(20)21)10-6-16-18(2)7-10/h3-7,12H,1-2H3,(H,17,19)(H,20,21). The van der Waals surface area contributed by atoms with Crippen LogP contribution in [-0.2, 0) is 11.8 Å². The van der Waals surface area contributed by atoms with Crippen molar-refractivity contribution in [1.29, 1.82) is 0 Å². The molecule has 0 bridgehead atoms. The van der Waals surface area contributed by atoms with Gasteiger partial charge >= 0.3 is 5.97 Å². The SMILES string of the molecule is Cc1ccc(C(=O)NC(C(=O)O)c2cnn(C)c2)cc1F. The van der Waals surface area contributed by atoms with Crippen LogP contribution in [0.15, 0.2) is 30.6 Å². The summed E-state index contributed by atoms with van der Waals surface area (Å²) in [6.07, 6.45) is 2.85. The maximum atomic E-state index is 13.5. The Kier molecular flexibility index (Phi) is 4.02. The lowest BCUT2D eigenvalue weighted by molar-refractivity contribution is -0.139. The van der Waals surface area contributed by atoms with Crippen LogP contribution in [-0.4, -0.2) is 26.8 Å². The maximum Gasteiger partial charge on any atom is 0.331 e. The summed E-state index contributed by atoms with van der Waals surface area (Å²) in [5.74, 6) is -2.40. The number of carbonyl (C=O) groups is 2. The summed E-state index contributed by atoms with van der Waals surface area (Å²) in [5.41, 5.74) is 0.813. The zero-order valence-corrected chi connectivity index (χ0v) is 11.5. The van der Waals surface area contributed by atoms with Gasteiger partial charge in [-0.05, 0) is 24.6 Å². The van der Waals surface area contributed by atoms with Crippen molar-refractivity contribution in [2.24, 2.45) is 7.05 Å². The van der Waals surface area contributed by atoms with Gasteiger partial charge in [-0.3, -0.25) is 9.48 Å². The first-order chi connectivity index (χ1) is 9.88. The van der Waals surface area contributed by atoms with Crippen molar-refractivity contribution in [3.63, 3.8) is 0 Å². The van der Waals surface area contributed by atoms with Crippen LogP contribution in [0, 0.1) is 12.7 Å². The van der Waals surface area contributed by atoms with Crippen LogP contribution >= 0.6 is 0 Å². The number of carboxylic acid groups (broad SMARTS) is 1. The molecular weight excluding hydrogens is 277 g/mol. The lowest BCUT2D eigenvalue weighted by Crippen LogP contribution is -2.33. The van der Waals surface area contributed by atoms with Crippen molar-refractivity contribution in [3.05, 3.63) is 53.1 Å². The van der Waals surface area contributed by atoms with Gasteiger partial charge < -0.3 is 10.4 Å². The fourth-order valence-corrected chi connectivity index (χ4v) is 1.83. The summed E-state index contributed by atoms with van der Waals surface area (Å²) in [6, 6.07) is 2.74. The third-order valence-electron chi connectivity index (χ3n) is 3.01. The Balaban J connectivity index is 2.22. The Morgan fingerprint density at radius 1 is 1.43 bits per heavy atom. The van der Waals surface area contributed by atoms with E-state index in [1.807, 2.05) is 0 Å². The molecule has 0 saturated heterocycles. The number of carbonyl (C=O) groups excluding carboxylic acids is 1. The van der Waals surface area contributed by atoms with Gasteiger partial charge in [-0.2, -0.15) is 5.10 Å². The Morgan fingerprint density at radius 3 is 2.67 bits per heavy atom. The van der Waals surface area contributed by atoms with Gasteiger partial charge in [-0.15, -0.1) is 0 Å². The Morgan fingerprint density at radius 2 is 2.14 bits per heavy atom. The minimum atomic E-state index is -1.24. The molecule has 6 nitrogen and oxygen atoms in total. The number of hydrogen-bond acceptors (Lipinski definition) is 3. The van der Waals surface area contributed by atoms with Gasteiger partial charge in [0.15, 0.2) is 6.04 Å². The number of hydrogen-bond donors (Lipinski definition) is 2. The number of nitrogens with one attached hydrogen (secondary N) is 1. The normalized spacial score (nSPS) is 12.0. The molecule has 2 rings (SSSR count). The molecule has 0 aliphatic heterocycles. The van der Waals surface area contributed by atoms with Crippen LogP contribution in [0.2, 0.25) is 0 Å². The monoisotopic (exact) mass is 291 g/mol. The molecule has 0 spiro atoms. The molecule has 7 heteroatoms. The lowest BCUT2D eigenvalue weighted by atomic mass is 10.1. The number of aliphatic carboxylic acids is 1. The topological polar surface area (TPSA) is 84.2 Å². The first-order valence-corrected chi connectivity index (χ1v) is 6.17. The quantitative estimate of drug-likeness (QED) is 0.892. The Hall–Kier alpha value is -2.70. The fourth-order valence-electron chi connectivity index (χ4n) is 1.83. The molecule has 0 aliphatic rings. The number of nitrogens with zero attached hydrogens (tertiary/aromatic N) is 2. The van der Waals surface area contributed by atoms with Gasteiger partial charge in [0.2, 0.25) is 0 Å². The minimum absolute atomic E-state index is 0.0632. The molecule has 0 aliphatic carbocycles. The number of rotatable bonds is 4. The Labute approximate surface area is 120 Å². The molecular formula is C14H14FN3O3. The second-order valence-corrected chi connectivity index (χ2v) is 4.66. The summed E-state index contributed by atoms with van der Waals surface area (Å²) in [6.45, 7) is 1.58. The molecule has 1 unspecified atom stereocenters. The van der Waals surface area contributed by atoms with E-state index in [1.54, 1.807) is 14.0 Å². The molecule has 1 heterocycles. The molecule has 21 heavy (non-hydrogen) atoms. The molecule has 1 aromatic carbocycles. The summed E-state index contributed by atoms with van der Waals surface area (Å²) in [5, 5.41) is 15.4. The highest BCUT2D eigenvalue weighted by Crippen LogP contribution is 2.14. The van der Waals surface area contributed by atoms with E-state index < -0.39 is 23.7 Å². The predicted molar refractivity (Wildman–Crippen MR) is 72.2 cm³/mol. The van der Waals surface area contributed by atoms with Gasteiger partial charge in [-0.25, -0.2) is 9.18 Å². The number of benzene rings is 1. The van der Waals surface area contributed by atoms with E-state index in [2.05, 4.69) is 10.4 Å². The molecule has 1 amide bonds. The number of carboxylic acids is 1. The molecule has 1 atom stereocenters. The lowest BCUT2D eigenvalue weighted by Gasteiger charge is -2.13. The van der Waals surface area contributed by atoms with E-state index >= 15 is 0 Å². The van der Waals surface area contributed by atoms with Crippen molar-refractivity contribution in [2.75, 3.05) is 0 Å². The second kappa shape index (κ2) is 5.74. The molecule has 0 saturated carbocycles. The first-order valence-electron chi connectivity index (χ1n) is 6.17. The molecule has 110 valence electrons. The van der Waals surface area contributed by atoms with Crippen LogP contribution < -0.4 is 5.32 Å². The number of aromatic nitrogens is 2. The number of aryl methyl sites for hydroxylation is 2. The van der Waals surface area contributed by atoms with Crippen molar-refractivity contribution in [3.8, 4) is 0 Å². The largest absolute Gasteiger partial charge is 0.479 e. The number of halogens is 1. The van der Waals surface area contributed by atoms with Crippen molar-refractivity contribution in [2.45, 2.75) is 13.0 Å². The van der Waals surface area contributed by atoms with Crippen LogP contribution in [0.25, 0.3) is 0 Å². The van der Waals surface area contributed by atoms with Crippen molar-refractivity contribution >= 4 is 11.9 Å². The second-order valence-electron chi connectivity index (χ2n) is 4.66. The van der Waals surface area contributed by atoms with Gasteiger partial charge in [0, 0.05) is 24.4 Å². The van der Waals surface area contributed by atoms with Crippen molar-refractivity contribution in [1.82, 2.24) is 15.1 Å². The summed E-state index contributed by atoms with van der Waals surface area (Å²) < 4.78 is 14.9. The zero-order chi connectivity index (χ0) is 15.6. The highest BCUT2D eigenvalue weighted by Gasteiger charge is 2.24. The van der Waals surface area contributed by atoms with Crippen molar-refractivity contribution < 1.29 is 19.1 Å². The van der Waals surface area contributed by atoms with Crippen LogP contribution in [0.3, 0.4) is 0 Å². The van der Waals surface area contributed by atoms with E-state index in [0.717, 1.165) is 6.07 Å². The summed E-state index contributed by atoms with van der Waals surface area (Å²) >= 11 is 0. The van der Waals surface area contributed by atoms with Crippen LogP contribution in [0.1, 0.15) is 27.5 Å². The van der Waals surface area contributed by atoms with Crippen LogP contribution in [0.4, 0.5) is 4.39 Å². The molecule has 0 radical (unpaired) electrons. The van der Waals surface area contributed by atoms with Gasteiger partial charge in [0.1, 0.15) is 5.82 Å². The molecule has 1 aromatic heterocycles. The van der Waals surface area contributed by atoms with E-state index in [1.165, 1.54) is 29.2 Å². The maximum absolute atomic E-state index is 13.5. The van der Waals surface area contributed by atoms with E-state index in [4.69, 9.17) is 0 Å². The fraction of sp³-hybridized carbons (Fsp3) is 0.214.